The Bertz CT molecular complexity index is 339. The summed E-state index contributed by atoms with van der Waals surface area (Å²) in [6, 6.07) is 0.371. The van der Waals surface area contributed by atoms with Crippen molar-refractivity contribution in [3.8, 4) is 0 Å². The van der Waals surface area contributed by atoms with Gasteiger partial charge in [0.1, 0.15) is 4.99 Å². The lowest BCUT2D eigenvalue weighted by atomic mass is 9.86. The highest BCUT2D eigenvalue weighted by Crippen LogP contribution is 2.33. The number of fused-ring (bicyclic) bond motifs is 1. The second kappa shape index (κ2) is 3.89. The summed E-state index contributed by atoms with van der Waals surface area (Å²) in [6.45, 7) is 2.65. The molecule has 3 fully saturated rings. The third-order valence-electron chi connectivity index (χ3n) is 3.93. The molecule has 3 aliphatic rings. The van der Waals surface area contributed by atoms with Gasteiger partial charge in [-0.25, -0.2) is 0 Å². The first kappa shape index (κ1) is 10.9. The number of hydrogen-bond acceptors (Lipinski definition) is 3. The summed E-state index contributed by atoms with van der Waals surface area (Å²) in [7, 11) is 0. The summed E-state index contributed by atoms with van der Waals surface area (Å²) >= 11 is 11.2. The van der Waals surface area contributed by atoms with E-state index in [9.17, 15) is 0 Å². The predicted molar refractivity (Wildman–Crippen MR) is 70.8 cm³/mol. The van der Waals surface area contributed by atoms with E-state index < -0.39 is 0 Å². The summed E-state index contributed by atoms with van der Waals surface area (Å²) in [5.74, 6) is 0. The van der Waals surface area contributed by atoms with Crippen molar-refractivity contribution in [2.45, 2.75) is 37.3 Å². The van der Waals surface area contributed by atoms with E-state index in [2.05, 4.69) is 10.2 Å². The maximum atomic E-state index is 5.68. The highest BCUT2D eigenvalue weighted by molar-refractivity contribution is 7.81. The lowest BCUT2D eigenvalue weighted by Gasteiger charge is -2.49. The van der Waals surface area contributed by atoms with Crippen molar-refractivity contribution in [2.24, 2.45) is 0 Å². The first-order chi connectivity index (χ1) is 7.73. The van der Waals surface area contributed by atoms with Crippen LogP contribution in [0, 0.1) is 0 Å². The van der Waals surface area contributed by atoms with Crippen LogP contribution < -0.4 is 5.32 Å². The van der Waals surface area contributed by atoms with Gasteiger partial charge in [-0.2, -0.15) is 0 Å². The smallest absolute Gasteiger partial charge is 0.105 e. The monoisotopic (exact) mass is 256 g/mol. The largest absolute Gasteiger partial charge is 0.381 e. The Hall–Kier alpha value is -0.260. The van der Waals surface area contributed by atoms with Crippen molar-refractivity contribution in [3.05, 3.63) is 0 Å². The maximum Gasteiger partial charge on any atom is 0.105 e. The summed E-state index contributed by atoms with van der Waals surface area (Å²) in [5, 5.41) is 3.52. The van der Waals surface area contributed by atoms with E-state index in [1.54, 1.807) is 0 Å². The highest BCUT2D eigenvalue weighted by atomic mass is 32.1. The van der Waals surface area contributed by atoms with Crippen molar-refractivity contribution in [1.29, 1.82) is 0 Å². The van der Waals surface area contributed by atoms with Gasteiger partial charge in [0.2, 0.25) is 0 Å². The highest BCUT2D eigenvalue weighted by Gasteiger charge is 2.48. The molecule has 1 N–H and O–H groups in total. The zero-order valence-corrected chi connectivity index (χ0v) is 10.8. The Morgan fingerprint density at radius 2 is 2.06 bits per heavy atom. The zero-order valence-electron chi connectivity index (χ0n) is 9.20. The van der Waals surface area contributed by atoms with Gasteiger partial charge in [0.25, 0.3) is 0 Å². The van der Waals surface area contributed by atoms with Crippen LogP contribution in [0.3, 0.4) is 0 Å². The molecule has 0 bridgehead atoms. The van der Waals surface area contributed by atoms with Crippen LogP contribution in [0.25, 0.3) is 0 Å². The predicted octanol–water partition coefficient (Wildman–Crippen LogP) is 1.26. The average Bonchev–Trinajstić information content (AvgIpc) is 2.77. The third-order valence-corrected chi connectivity index (χ3v) is 4.93. The van der Waals surface area contributed by atoms with Gasteiger partial charge >= 0.3 is 0 Å². The molecule has 88 valence electrons. The number of thiocarbonyl (C=S) groups is 2. The molecule has 3 heterocycles. The minimum absolute atomic E-state index is 0.0779. The van der Waals surface area contributed by atoms with Crippen LogP contribution in [-0.2, 0) is 4.74 Å². The van der Waals surface area contributed by atoms with Gasteiger partial charge in [-0.05, 0) is 12.8 Å². The van der Waals surface area contributed by atoms with E-state index in [0.29, 0.717) is 6.04 Å². The second-order valence-electron chi connectivity index (χ2n) is 4.84. The molecular weight excluding hydrogens is 240 g/mol. The van der Waals surface area contributed by atoms with Gasteiger partial charge < -0.3 is 15.0 Å². The molecule has 3 saturated heterocycles. The Kier molecular flexibility index (Phi) is 2.64. The van der Waals surface area contributed by atoms with Crippen LogP contribution in [0.15, 0.2) is 0 Å². The molecule has 16 heavy (non-hydrogen) atoms. The van der Waals surface area contributed by atoms with Crippen molar-refractivity contribution in [3.63, 3.8) is 0 Å². The van der Waals surface area contributed by atoms with Gasteiger partial charge in [-0.3, -0.25) is 0 Å². The maximum absolute atomic E-state index is 5.68. The molecule has 3 aliphatic heterocycles. The molecule has 0 aromatic heterocycles. The first-order valence-electron chi connectivity index (χ1n) is 5.94. The van der Waals surface area contributed by atoms with E-state index >= 15 is 0 Å². The quantitative estimate of drug-likeness (QED) is 0.658. The molecule has 1 spiro atoms. The summed E-state index contributed by atoms with van der Waals surface area (Å²) in [5.41, 5.74) is -0.0779. The van der Waals surface area contributed by atoms with Crippen LogP contribution in [-0.4, -0.2) is 46.2 Å². The van der Waals surface area contributed by atoms with Crippen LogP contribution in [0.5, 0.6) is 0 Å². The zero-order chi connectivity index (χ0) is 11.2. The molecule has 3 rings (SSSR count). The first-order valence-corrected chi connectivity index (χ1v) is 6.75. The lowest BCUT2D eigenvalue weighted by Crippen LogP contribution is -2.69. The number of piperazine rings is 1. The Balaban J connectivity index is 1.90. The van der Waals surface area contributed by atoms with Gasteiger partial charge in [0, 0.05) is 32.6 Å². The standard InChI is InChI=1S/C11H16N2OS2/c15-9-8-2-1-5-13(8)10(16)11(12-9)3-6-14-7-4-11/h8H,1-7H2,(H,12,15)/t8-/m0/s1. The molecule has 3 nitrogen and oxygen atoms in total. The molecule has 0 radical (unpaired) electrons. The topological polar surface area (TPSA) is 24.5 Å². The fourth-order valence-electron chi connectivity index (χ4n) is 2.99. The number of rotatable bonds is 0. The molecule has 0 unspecified atom stereocenters. The fourth-order valence-corrected chi connectivity index (χ4v) is 3.90. The van der Waals surface area contributed by atoms with E-state index in [4.69, 9.17) is 29.2 Å². The summed E-state index contributed by atoms with van der Waals surface area (Å²) in [6.07, 6.45) is 4.27. The van der Waals surface area contributed by atoms with Gasteiger partial charge in [0.15, 0.2) is 0 Å². The van der Waals surface area contributed by atoms with Gasteiger partial charge in [-0.1, -0.05) is 24.4 Å². The minimum Gasteiger partial charge on any atom is -0.381 e. The van der Waals surface area contributed by atoms with Gasteiger partial charge in [-0.15, -0.1) is 0 Å². The normalized spacial score (nSPS) is 32.8. The lowest BCUT2D eigenvalue weighted by molar-refractivity contribution is 0.0622. The fraction of sp³-hybridized carbons (Fsp3) is 0.818. The molecule has 1 atom stereocenters. The number of nitrogens with zero attached hydrogens (tertiary/aromatic N) is 1. The van der Waals surface area contributed by atoms with Crippen molar-refractivity contribution in [1.82, 2.24) is 10.2 Å². The van der Waals surface area contributed by atoms with E-state index in [-0.39, 0.29) is 5.54 Å². The van der Waals surface area contributed by atoms with Crippen LogP contribution >= 0.6 is 24.4 Å². The number of ether oxygens (including phenoxy) is 1. The number of hydrogen-bond donors (Lipinski definition) is 1. The summed E-state index contributed by atoms with van der Waals surface area (Å²) in [4.78, 5) is 4.42. The van der Waals surface area contributed by atoms with E-state index in [1.807, 2.05) is 0 Å². The Labute approximate surface area is 107 Å². The molecular formula is C11H16N2OS2. The molecule has 0 aromatic rings. The number of nitrogens with one attached hydrogen (secondary N) is 1. The average molecular weight is 256 g/mol. The van der Waals surface area contributed by atoms with Crippen molar-refractivity contribution in [2.75, 3.05) is 19.8 Å². The summed E-state index contributed by atoms with van der Waals surface area (Å²) < 4.78 is 5.43. The molecule has 0 aromatic carbocycles. The van der Waals surface area contributed by atoms with Crippen LogP contribution in [0.2, 0.25) is 0 Å². The third kappa shape index (κ3) is 1.49. The molecule has 0 aliphatic carbocycles. The van der Waals surface area contributed by atoms with E-state index in [1.165, 1.54) is 6.42 Å². The molecule has 0 saturated carbocycles. The second-order valence-corrected chi connectivity index (χ2v) is 5.67. The van der Waals surface area contributed by atoms with Gasteiger partial charge in [0.05, 0.1) is 16.6 Å². The Morgan fingerprint density at radius 3 is 2.81 bits per heavy atom. The SMILES string of the molecule is S=C1NC2(CCOCC2)C(=S)N2CCC[C@@H]12. The van der Waals surface area contributed by atoms with Crippen LogP contribution in [0.1, 0.15) is 25.7 Å². The molecule has 0 amide bonds. The Morgan fingerprint density at radius 1 is 1.31 bits per heavy atom. The van der Waals surface area contributed by atoms with Crippen molar-refractivity contribution < 1.29 is 4.74 Å². The van der Waals surface area contributed by atoms with E-state index in [0.717, 1.165) is 49.0 Å². The van der Waals surface area contributed by atoms with Crippen molar-refractivity contribution >= 4 is 34.4 Å². The molecule has 5 heteroatoms. The minimum atomic E-state index is -0.0779. The van der Waals surface area contributed by atoms with Crippen LogP contribution in [0.4, 0.5) is 0 Å².